The lowest BCUT2D eigenvalue weighted by Gasteiger charge is -2.32. The monoisotopic (exact) mass is 394 g/mol. The first-order valence-corrected chi connectivity index (χ1v) is 10.6. The molecule has 1 fully saturated rings. The molecule has 4 aromatic carbocycles. The number of esters is 1. The van der Waals surface area contributed by atoms with Crippen LogP contribution >= 0.6 is 0 Å². The van der Waals surface area contributed by atoms with Gasteiger partial charge in [-0.2, -0.15) is 0 Å². The highest BCUT2D eigenvalue weighted by molar-refractivity contribution is 5.96. The normalized spacial score (nSPS) is 24.3. The van der Waals surface area contributed by atoms with Crippen molar-refractivity contribution in [3.63, 3.8) is 0 Å². The molecule has 2 bridgehead atoms. The largest absolute Gasteiger partial charge is 0.507 e. The number of phenolic OH excluding ortho intramolecular Hbond substituents is 1. The second-order valence-electron chi connectivity index (χ2n) is 8.68. The Kier molecular flexibility index (Phi) is 3.55. The molecule has 2 aliphatic carbocycles. The van der Waals surface area contributed by atoms with E-state index < -0.39 is 5.60 Å². The van der Waals surface area contributed by atoms with Gasteiger partial charge in [0.2, 0.25) is 0 Å². The molecular weight excluding hydrogens is 372 g/mol. The topological polar surface area (TPSA) is 46.5 Å². The number of aromatic hydroxyl groups is 1. The number of ether oxygens (including phenoxy) is 1. The number of hydrogen-bond donors (Lipinski definition) is 1. The number of carbonyl (C=O) groups excluding carboxylic acids is 1. The Balaban J connectivity index is 1.46. The maximum atomic E-state index is 13.2. The molecule has 0 heterocycles. The van der Waals surface area contributed by atoms with Crippen molar-refractivity contribution >= 4 is 27.5 Å². The molecule has 0 aliphatic heterocycles. The molecule has 3 unspecified atom stereocenters. The summed E-state index contributed by atoms with van der Waals surface area (Å²) in [4.78, 5) is 13.2. The van der Waals surface area contributed by atoms with E-state index in [4.69, 9.17) is 4.74 Å². The molecule has 0 saturated heterocycles. The van der Waals surface area contributed by atoms with E-state index in [1.807, 2.05) is 66.7 Å². The average Bonchev–Trinajstić information content (AvgIpc) is 3.20. The predicted molar refractivity (Wildman–Crippen MR) is 118 cm³/mol. The van der Waals surface area contributed by atoms with Crippen LogP contribution in [0.2, 0.25) is 0 Å². The molecule has 30 heavy (non-hydrogen) atoms. The zero-order chi connectivity index (χ0) is 20.5. The SMILES string of the molecule is CC1C2CCC1(OC(=O)c1ccc3ccccc3c1)c1cc3ccccc3c(O)c12. The first-order valence-electron chi connectivity index (χ1n) is 10.6. The molecule has 0 aromatic heterocycles. The minimum Gasteiger partial charge on any atom is -0.507 e. The van der Waals surface area contributed by atoms with Gasteiger partial charge in [-0.25, -0.2) is 4.79 Å². The zero-order valence-corrected chi connectivity index (χ0v) is 16.8. The number of phenols is 1. The van der Waals surface area contributed by atoms with Crippen LogP contribution in [0.5, 0.6) is 5.75 Å². The Morgan fingerprint density at radius 2 is 1.70 bits per heavy atom. The molecule has 2 aliphatic rings. The van der Waals surface area contributed by atoms with E-state index in [0.29, 0.717) is 11.3 Å². The summed E-state index contributed by atoms with van der Waals surface area (Å²) in [6.45, 7) is 2.15. The lowest BCUT2D eigenvalue weighted by atomic mass is 9.85. The Bertz CT molecular complexity index is 1340. The van der Waals surface area contributed by atoms with E-state index in [1.54, 1.807) is 0 Å². The van der Waals surface area contributed by atoms with Gasteiger partial charge in [-0.1, -0.05) is 61.5 Å². The summed E-state index contributed by atoms with van der Waals surface area (Å²) in [7, 11) is 0. The van der Waals surface area contributed by atoms with Gasteiger partial charge in [-0.3, -0.25) is 0 Å². The van der Waals surface area contributed by atoms with E-state index in [2.05, 4.69) is 13.0 Å². The number of rotatable bonds is 2. The Morgan fingerprint density at radius 1 is 0.967 bits per heavy atom. The standard InChI is InChI=1S/C27H22O3/c1-16-21-12-13-27(16,23-15-19-8-4-5-9-22(19)25(28)24(21)23)30-26(29)20-11-10-17-6-2-3-7-18(17)14-20/h2-11,14-16,21,28H,12-13H2,1H3. The Labute approximate surface area is 174 Å². The number of benzene rings is 4. The van der Waals surface area contributed by atoms with Crippen LogP contribution in [-0.2, 0) is 10.3 Å². The van der Waals surface area contributed by atoms with Crippen molar-refractivity contribution in [2.75, 3.05) is 0 Å². The van der Waals surface area contributed by atoms with Crippen molar-refractivity contribution in [2.45, 2.75) is 31.3 Å². The van der Waals surface area contributed by atoms with E-state index in [-0.39, 0.29) is 17.8 Å². The summed E-state index contributed by atoms with van der Waals surface area (Å²) in [6.07, 6.45) is 1.72. The fraction of sp³-hybridized carbons (Fsp3) is 0.222. The highest BCUT2D eigenvalue weighted by Gasteiger charge is 2.59. The van der Waals surface area contributed by atoms with Gasteiger partial charge in [-0.05, 0) is 53.1 Å². The quantitative estimate of drug-likeness (QED) is 0.407. The number of hydrogen-bond acceptors (Lipinski definition) is 3. The minimum absolute atomic E-state index is 0.139. The van der Waals surface area contributed by atoms with E-state index in [9.17, 15) is 9.90 Å². The van der Waals surface area contributed by atoms with Gasteiger partial charge in [0.25, 0.3) is 0 Å². The van der Waals surface area contributed by atoms with Crippen LogP contribution in [0.25, 0.3) is 21.5 Å². The zero-order valence-electron chi connectivity index (χ0n) is 16.8. The molecule has 6 rings (SSSR count). The highest BCUT2D eigenvalue weighted by Crippen LogP contribution is 2.64. The van der Waals surface area contributed by atoms with Gasteiger partial charge >= 0.3 is 5.97 Å². The van der Waals surface area contributed by atoms with E-state index in [1.165, 1.54) is 0 Å². The average molecular weight is 394 g/mol. The molecule has 1 saturated carbocycles. The van der Waals surface area contributed by atoms with E-state index >= 15 is 0 Å². The van der Waals surface area contributed by atoms with Gasteiger partial charge in [0.15, 0.2) is 0 Å². The fourth-order valence-corrected chi connectivity index (χ4v) is 5.76. The third-order valence-corrected chi connectivity index (χ3v) is 7.31. The molecule has 3 atom stereocenters. The van der Waals surface area contributed by atoms with Crippen LogP contribution in [0, 0.1) is 5.92 Å². The van der Waals surface area contributed by atoms with Crippen LogP contribution in [0.3, 0.4) is 0 Å². The van der Waals surface area contributed by atoms with Gasteiger partial charge in [0, 0.05) is 22.4 Å². The summed E-state index contributed by atoms with van der Waals surface area (Å²) in [5.41, 5.74) is 1.84. The van der Waals surface area contributed by atoms with E-state index in [0.717, 1.165) is 45.5 Å². The number of carbonyl (C=O) groups is 1. The van der Waals surface area contributed by atoms with Crippen molar-refractivity contribution in [3.05, 3.63) is 89.5 Å². The first kappa shape index (κ1) is 17.5. The van der Waals surface area contributed by atoms with Crippen molar-refractivity contribution in [2.24, 2.45) is 5.92 Å². The van der Waals surface area contributed by atoms with Crippen molar-refractivity contribution in [1.82, 2.24) is 0 Å². The summed E-state index contributed by atoms with van der Waals surface area (Å²) in [5.74, 6) is 0.408. The summed E-state index contributed by atoms with van der Waals surface area (Å²) in [5, 5.41) is 15.0. The van der Waals surface area contributed by atoms with Gasteiger partial charge in [0.1, 0.15) is 11.4 Å². The maximum Gasteiger partial charge on any atom is 0.339 e. The molecular formula is C27H22O3. The molecule has 148 valence electrons. The fourth-order valence-electron chi connectivity index (χ4n) is 5.76. The summed E-state index contributed by atoms with van der Waals surface area (Å²) >= 11 is 0. The van der Waals surface area contributed by atoms with Crippen molar-refractivity contribution < 1.29 is 14.6 Å². The molecule has 0 spiro atoms. The second-order valence-corrected chi connectivity index (χ2v) is 8.68. The van der Waals surface area contributed by atoms with Crippen molar-refractivity contribution in [1.29, 1.82) is 0 Å². The third kappa shape index (κ3) is 2.23. The lowest BCUT2D eigenvalue weighted by Crippen LogP contribution is -2.33. The molecule has 1 N–H and O–H groups in total. The highest BCUT2D eigenvalue weighted by atomic mass is 16.6. The Hall–Kier alpha value is -3.33. The Morgan fingerprint density at radius 3 is 2.53 bits per heavy atom. The minimum atomic E-state index is -0.676. The van der Waals surface area contributed by atoms with Gasteiger partial charge < -0.3 is 9.84 Å². The van der Waals surface area contributed by atoms with Crippen LogP contribution in [0.15, 0.2) is 72.8 Å². The molecule has 3 nitrogen and oxygen atoms in total. The lowest BCUT2D eigenvalue weighted by molar-refractivity contribution is -0.0355. The predicted octanol–water partition coefficient (Wildman–Crippen LogP) is 6.28. The number of fused-ring (bicyclic) bond motifs is 7. The third-order valence-electron chi connectivity index (χ3n) is 7.31. The van der Waals surface area contributed by atoms with Crippen LogP contribution in [-0.4, -0.2) is 11.1 Å². The molecule has 0 amide bonds. The van der Waals surface area contributed by atoms with Gasteiger partial charge in [0.05, 0.1) is 5.56 Å². The smallest absolute Gasteiger partial charge is 0.339 e. The second kappa shape index (κ2) is 6.09. The molecule has 3 heteroatoms. The maximum absolute atomic E-state index is 13.2. The summed E-state index contributed by atoms with van der Waals surface area (Å²) in [6, 6.07) is 23.7. The van der Waals surface area contributed by atoms with Crippen LogP contribution < -0.4 is 0 Å². The van der Waals surface area contributed by atoms with Crippen LogP contribution in [0.1, 0.15) is 47.2 Å². The van der Waals surface area contributed by atoms with Crippen molar-refractivity contribution in [3.8, 4) is 5.75 Å². The van der Waals surface area contributed by atoms with Gasteiger partial charge in [-0.15, -0.1) is 0 Å². The summed E-state index contributed by atoms with van der Waals surface area (Å²) < 4.78 is 6.32. The first-order chi connectivity index (χ1) is 14.6. The molecule has 4 aromatic rings. The van der Waals surface area contributed by atoms with Crippen LogP contribution in [0.4, 0.5) is 0 Å². The molecule has 0 radical (unpaired) electrons.